The van der Waals surface area contributed by atoms with E-state index in [4.69, 9.17) is 12.1 Å². The molecule has 0 aromatic rings. The van der Waals surface area contributed by atoms with Crippen LogP contribution >= 0.6 is 0 Å². The summed E-state index contributed by atoms with van der Waals surface area (Å²) >= 11 is 4.97. The Labute approximate surface area is 148 Å². The van der Waals surface area contributed by atoms with Gasteiger partial charge in [0.2, 0.25) is 0 Å². The van der Waals surface area contributed by atoms with Crippen LogP contribution in [-0.2, 0) is 12.1 Å². The van der Waals surface area contributed by atoms with E-state index in [2.05, 4.69) is 47.3 Å². The zero-order valence-corrected chi connectivity index (χ0v) is 18.7. The summed E-state index contributed by atoms with van der Waals surface area (Å²) in [4.78, 5) is 0. The Morgan fingerprint density at radius 2 is 0.773 bits per heavy atom. The predicted octanol–water partition coefficient (Wildman–Crippen LogP) is 6.37. The first-order chi connectivity index (χ1) is 10.2. The first-order valence-electron chi connectivity index (χ1n) is 9.80. The Balaban J connectivity index is 0. The summed E-state index contributed by atoms with van der Waals surface area (Å²) in [6.07, 6.45) is 11.1. The van der Waals surface area contributed by atoms with E-state index in [-0.39, 0.29) is 0 Å². The molecule has 3 heteroatoms. The molecule has 0 atom stereocenters. The summed E-state index contributed by atoms with van der Waals surface area (Å²) in [6.45, 7) is 21.4. The van der Waals surface area contributed by atoms with Gasteiger partial charge in [-0.2, -0.15) is 0 Å². The fourth-order valence-electron chi connectivity index (χ4n) is 2.64. The van der Waals surface area contributed by atoms with Crippen LogP contribution in [0.3, 0.4) is 0 Å². The van der Waals surface area contributed by atoms with E-state index in [0.29, 0.717) is 0 Å². The van der Waals surface area contributed by atoms with Crippen LogP contribution in [0.25, 0.3) is 0 Å². The average molecular weight is 348 g/mol. The van der Waals surface area contributed by atoms with Crippen LogP contribution in [-0.4, -0.2) is 37.9 Å². The highest BCUT2D eigenvalue weighted by Gasteiger charge is 2.24. The number of unbranched alkanes of at least 4 members (excludes halogenated alkanes) is 4. The highest BCUT2D eigenvalue weighted by Crippen LogP contribution is 2.16. The van der Waals surface area contributed by atoms with Gasteiger partial charge in [-0.1, -0.05) is 80.2 Å². The molecule has 0 saturated heterocycles. The maximum absolute atomic E-state index is 4.97. The van der Waals surface area contributed by atoms with Gasteiger partial charge >= 0.3 is 0 Å². The molecule has 0 bridgehead atoms. The largest absolute Gasteiger partial charge is 0.797 e. The number of quaternary nitrogens is 1. The average Bonchev–Trinajstić information content (AvgIpc) is 2.44. The van der Waals surface area contributed by atoms with Gasteiger partial charge in [0.05, 0.1) is 26.2 Å². The summed E-state index contributed by atoms with van der Waals surface area (Å²) < 4.78 is 1.42. The standard InChI is InChI=1S/C16H36N.C3H9SSi/c1-5-9-13-17(14-10-6-2,15-11-7-3)16-12-8-4;1-5(2,3)4/h5-16H2,1-4H3;1-3H3/q+1;-1. The van der Waals surface area contributed by atoms with Gasteiger partial charge in [-0.15, -0.1) is 0 Å². The summed E-state index contributed by atoms with van der Waals surface area (Å²) in [5, 5.41) is 0. The van der Waals surface area contributed by atoms with Crippen molar-refractivity contribution in [2.24, 2.45) is 0 Å². The van der Waals surface area contributed by atoms with Gasteiger partial charge in [0.25, 0.3) is 0 Å². The van der Waals surface area contributed by atoms with Crippen LogP contribution in [0.2, 0.25) is 19.6 Å². The fourth-order valence-corrected chi connectivity index (χ4v) is 2.64. The third kappa shape index (κ3) is 18.6. The Kier molecular flexibility index (Phi) is 17.0. The molecule has 0 saturated carbocycles. The van der Waals surface area contributed by atoms with Crippen LogP contribution in [0, 0.1) is 0 Å². The van der Waals surface area contributed by atoms with Crippen molar-refractivity contribution in [1.29, 1.82) is 0 Å². The van der Waals surface area contributed by atoms with Crippen molar-refractivity contribution in [3.63, 3.8) is 0 Å². The molecule has 0 heterocycles. The smallest absolute Gasteiger partial charge is 0.0786 e. The first-order valence-corrected chi connectivity index (χ1v) is 14.4. The minimum Gasteiger partial charge on any atom is -0.797 e. The molecule has 0 aliphatic carbocycles. The third-order valence-electron chi connectivity index (χ3n) is 3.94. The van der Waals surface area contributed by atoms with Crippen LogP contribution in [0.1, 0.15) is 79.1 Å². The minimum atomic E-state index is -1.03. The summed E-state index contributed by atoms with van der Waals surface area (Å²) in [5.74, 6) is 0. The molecule has 0 aliphatic heterocycles. The van der Waals surface area contributed by atoms with Gasteiger partial charge in [-0.3, -0.25) is 0 Å². The van der Waals surface area contributed by atoms with Crippen molar-refractivity contribution >= 4 is 19.3 Å². The molecule has 0 aromatic heterocycles. The Morgan fingerprint density at radius 3 is 0.909 bits per heavy atom. The molecule has 0 fully saturated rings. The lowest BCUT2D eigenvalue weighted by atomic mass is 10.1. The Bertz CT molecular complexity index is 182. The topological polar surface area (TPSA) is 0 Å². The molecule has 0 rings (SSSR count). The highest BCUT2D eigenvalue weighted by atomic mass is 32.3. The number of rotatable bonds is 12. The minimum absolute atomic E-state index is 1.03. The SMILES string of the molecule is CCCC[N+](CCCC)(CCCC)CCCC.C[Si](C)(C)[S-]. The van der Waals surface area contributed by atoms with Crippen molar-refractivity contribution in [1.82, 2.24) is 0 Å². The third-order valence-corrected chi connectivity index (χ3v) is 3.94. The van der Waals surface area contributed by atoms with E-state index in [1.54, 1.807) is 0 Å². The van der Waals surface area contributed by atoms with E-state index in [1.807, 2.05) is 0 Å². The van der Waals surface area contributed by atoms with Crippen LogP contribution in [0.15, 0.2) is 0 Å². The van der Waals surface area contributed by atoms with Gasteiger partial charge in [0.1, 0.15) is 0 Å². The van der Waals surface area contributed by atoms with E-state index in [1.165, 1.54) is 82.0 Å². The first kappa shape index (κ1) is 24.8. The number of hydrogen-bond donors (Lipinski definition) is 0. The van der Waals surface area contributed by atoms with Gasteiger partial charge in [0, 0.05) is 0 Å². The number of nitrogens with zero attached hydrogens (tertiary/aromatic N) is 1. The van der Waals surface area contributed by atoms with E-state index < -0.39 is 7.22 Å². The Hall–Kier alpha value is 0.527. The monoisotopic (exact) mass is 347 g/mol. The van der Waals surface area contributed by atoms with Crippen LogP contribution in [0.4, 0.5) is 0 Å². The van der Waals surface area contributed by atoms with Crippen molar-refractivity contribution in [2.75, 3.05) is 26.2 Å². The Morgan fingerprint density at radius 1 is 0.591 bits per heavy atom. The summed E-state index contributed by atoms with van der Waals surface area (Å²) in [6, 6.07) is 0. The summed E-state index contributed by atoms with van der Waals surface area (Å²) in [5.41, 5.74) is 0. The molecular weight excluding hydrogens is 302 g/mol. The lowest BCUT2D eigenvalue weighted by Crippen LogP contribution is -2.50. The zero-order valence-electron chi connectivity index (χ0n) is 16.8. The second-order valence-electron chi connectivity index (χ2n) is 7.76. The van der Waals surface area contributed by atoms with Crippen LogP contribution < -0.4 is 0 Å². The molecular formula is C19H45NSSi. The quantitative estimate of drug-likeness (QED) is 0.224. The molecule has 136 valence electrons. The van der Waals surface area contributed by atoms with Gasteiger partial charge in [0.15, 0.2) is 0 Å². The molecule has 0 aliphatic rings. The molecule has 0 unspecified atom stereocenters. The van der Waals surface area contributed by atoms with Crippen molar-refractivity contribution < 1.29 is 4.48 Å². The lowest BCUT2D eigenvalue weighted by molar-refractivity contribution is -0.929. The van der Waals surface area contributed by atoms with Gasteiger partial charge < -0.3 is 16.6 Å². The normalized spacial score (nSPS) is 12.0. The van der Waals surface area contributed by atoms with Crippen molar-refractivity contribution in [3.8, 4) is 0 Å². The van der Waals surface area contributed by atoms with E-state index >= 15 is 0 Å². The van der Waals surface area contributed by atoms with E-state index in [0.717, 1.165) is 0 Å². The van der Waals surface area contributed by atoms with E-state index in [9.17, 15) is 0 Å². The molecule has 1 nitrogen and oxygen atoms in total. The zero-order chi connectivity index (χ0) is 17.5. The molecule has 0 N–H and O–H groups in total. The molecule has 0 spiro atoms. The lowest BCUT2D eigenvalue weighted by Gasteiger charge is -2.39. The molecule has 22 heavy (non-hydrogen) atoms. The van der Waals surface area contributed by atoms with Crippen molar-refractivity contribution in [2.45, 2.75) is 98.7 Å². The molecule has 0 amide bonds. The van der Waals surface area contributed by atoms with Crippen LogP contribution in [0.5, 0.6) is 0 Å². The highest BCUT2D eigenvalue weighted by molar-refractivity contribution is 7.97. The summed E-state index contributed by atoms with van der Waals surface area (Å²) in [7, 11) is -1.03. The fraction of sp³-hybridized carbons (Fsp3) is 1.00. The maximum atomic E-state index is 4.97. The molecule has 0 radical (unpaired) electrons. The molecule has 0 aromatic carbocycles. The second kappa shape index (κ2) is 15.1. The van der Waals surface area contributed by atoms with Gasteiger partial charge in [-0.05, 0) is 25.7 Å². The number of hydrogen-bond acceptors (Lipinski definition) is 1. The van der Waals surface area contributed by atoms with Crippen molar-refractivity contribution in [3.05, 3.63) is 0 Å². The predicted molar refractivity (Wildman–Crippen MR) is 110 cm³/mol. The maximum Gasteiger partial charge on any atom is 0.0786 e. The van der Waals surface area contributed by atoms with Gasteiger partial charge in [-0.25, -0.2) is 0 Å². The second-order valence-corrected chi connectivity index (χ2v) is 15.7.